The second kappa shape index (κ2) is 32.4. The average Bonchev–Trinajstić information content (AvgIpc) is 3.02. The van der Waals surface area contributed by atoms with Crippen molar-refractivity contribution in [1.29, 1.82) is 0 Å². The number of allylic oxidation sites excluding steroid dienone is 4. The Hall–Kier alpha value is -1.51. The van der Waals surface area contributed by atoms with Gasteiger partial charge in [0, 0.05) is 19.4 Å². The number of unbranched alkanes of at least 4 members (excludes halogenated alkanes) is 16. The number of amides is 1. The maximum absolute atomic E-state index is 11.9. The molecule has 0 heterocycles. The summed E-state index contributed by atoms with van der Waals surface area (Å²) in [5, 5.41) is 12.5. The van der Waals surface area contributed by atoms with E-state index in [1.807, 2.05) is 6.92 Å². The number of nitrogens with one attached hydrogen (secondary N) is 1. The van der Waals surface area contributed by atoms with Crippen molar-refractivity contribution in [3.05, 3.63) is 24.3 Å². The second-order valence-corrected chi connectivity index (χ2v) is 13.3. The molecule has 2 atom stereocenters. The van der Waals surface area contributed by atoms with Crippen LogP contribution in [0.5, 0.6) is 0 Å². The van der Waals surface area contributed by atoms with E-state index in [1.165, 1.54) is 83.5 Å². The SMILES string of the molecule is CCCCC/C=C\C/C=C\CCCCCCCCCCCCCC(=O)OCC(O)COP(=O)(O)OCCNC(=O)CCCCC. The number of phosphoric acid groups is 1. The Bertz CT molecular complexity index is 805. The van der Waals surface area contributed by atoms with Crippen molar-refractivity contribution in [2.45, 2.75) is 161 Å². The predicted octanol–water partition coefficient (Wildman–Crippen LogP) is 8.87. The van der Waals surface area contributed by atoms with Crippen molar-refractivity contribution >= 4 is 19.7 Å². The van der Waals surface area contributed by atoms with Crippen LogP contribution in [0, 0.1) is 0 Å². The molecule has 10 heteroatoms. The molecule has 0 aliphatic heterocycles. The van der Waals surface area contributed by atoms with Gasteiger partial charge in [-0.1, -0.05) is 122 Å². The van der Waals surface area contributed by atoms with E-state index in [9.17, 15) is 24.2 Å². The summed E-state index contributed by atoms with van der Waals surface area (Å²) in [6.07, 6.45) is 31.9. The molecule has 0 fully saturated rings. The quantitative estimate of drug-likeness (QED) is 0.0276. The Morgan fingerprint density at radius 1 is 0.689 bits per heavy atom. The molecule has 45 heavy (non-hydrogen) atoms. The minimum absolute atomic E-state index is 0.0789. The minimum atomic E-state index is -4.39. The highest BCUT2D eigenvalue weighted by molar-refractivity contribution is 7.47. The van der Waals surface area contributed by atoms with Gasteiger partial charge < -0.3 is 20.1 Å². The molecule has 0 aromatic carbocycles. The third-order valence-electron chi connectivity index (χ3n) is 7.38. The van der Waals surface area contributed by atoms with Crippen LogP contribution in [0.4, 0.5) is 0 Å². The molecule has 0 aromatic heterocycles. The van der Waals surface area contributed by atoms with E-state index in [2.05, 4.69) is 36.5 Å². The first kappa shape index (κ1) is 43.5. The van der Waals surface area contributed by atoms with Gasteiger partial charge in [-0.15, -0.1) is 0 Å². The maximum atomic E-state index is 11.9. The van der Waals surface area contributed by atoms with Crippen LogP contribution in [0.25, 0.3) is 0 Å². The Balaban J connectivity index is 3.54. The average molecular weight is 660 g/mol. The number of carbonyl (C=O) groups is 2. The van der Waals surface area contributed by atoms with E-state index in [0.29, 0.717) is 6.42 Å². The molecule has 264 valence electrons. The molecule has 2 unspecified atom stereocenters. The zero-order valence-corrected chi connectivity index (χ0v) is 29.5. The predicted molar refractivity (Wildman–Crippen MR) is 183 cm³/mol. The molecule has 1 amide bonds. The van der Waals surface area contributed by atoms with Crippen LogP contribution in [0.15, 0.2) is 24.3 Å². The van der Waals surface area contributed by atoms with E-state index in [-0.39, 0.29) is 32.1 Å². The van der Waals surface area contributed by atoms with Crippen LogP contribution in [-0.2, 0) is 27.9 Å². The van der Waals surface area contributed by atoms with Gasteiger partial charge in [0.25, 0.3) is 0 Å². The largest absolute Gasteiger partial charge is 0.472 e. The van der Waals surface area contributed by atoms with Crippen molar-refractivity contribution in [3.8, 4) is 0 Å². The topological polar surface area (TPSA) is 131 Å². The van der Waals surface area contributed by atoms with Gasteiger partial charge >= 0.3 is 13.8 Å². The number of aliphatic hydroxyl groups is 1. The van der Waals surface area contributed by atoms with Gasteiger partial charge in [-0.2, -0.15) is 0 Å². The summed E-state index contributed by atoms with van der Waals surface area (Å²) < 4.78 is 26.5. The first-order valence-corrected chi connectivity index (χ1v) is 19.3. The number of rotatable bonds is 33. The standard InChI is InChI=1S/C35H66NO8P/c1-3-5-7-8-9-10-11-12-13-14-15-16-17-18-19-20-21-22-23-24-26-28-35(39)42-31-33(37)32-44-45(40,41)43-30-29-36-34(38)27-25-6-4-2/h9-10,12-13,33,37H,3-8,11,14-32H2,1-2H3,(H,36,38)(H,40,41)/b10-9-,13-12-. The van der Waals surface area contributed by atoms with Crippen molar-refractivity contribution in [3.63, 3.8) is 0 Å². The van der Waals surface area contributed by atoms with Gasteiger partial charge in [-0.3, -0.25) is 18.6 Å². The van der Waals surface area contributed by atoms with Crippen LogP contribution >= 0.6 is 7.82 Å². The summed E-state index contributed by atoms with van der Waals surface area (Å²) in [4.78, 5) is 33.2. The fraction of sp³-hybridized carbons (Fsp3) is 0.829. The van der Waals surface area contributed by atoms with Gasteiger partial charge in [-0.25, -0.2) is 4.57 Å². The third kappa shape index (κ3) is 33.7. The fourth-order valence-electron chi connectivity index (χ4n) is 4.64. The van der Waals surface area contributed by atoms with E-state index in [1.54, 1.807) is 0 Å². The number of ether oxygens (including phenoxy) is 1. The van der Waals surface area contributed by atoms with Crippen LogP contribution in [0.3, 0.4) is 0 Å². The second-order valence-electron chi connectivity index (χ2n) is 11.8. The number of esters is 1. The molecule has 0 aromatic rings. The molecular weight excluding hydrogens is 593 g/mol. The molecule has 0 radical (unpaired) electrons. The normalized spacial score (nSPS) is 13.8. The first-order valence-electron chi connectivity index (χ1n) is 17.8. The summed E-state index contributed by atoms with van der Waals surface area (Å²) in [6, 6.07) is 0. The minimum Gasteiger partial charge on any atom is -0.463 e. The smallest absolute Gasteiger partial charge is 0.463 e. The highest BCUT2D eigenvalue weighted by atomic mass is 31.2. The van der Waals surface area contributed by atoms with E-state index in [0.717, 1.165) is 44.9 Å². The number of aliphatic hydroxyl groups excluding tert-OH is 1. The van der Waals surface area contributed by atoms with Gasteiger partial charge in [0.1, 0.15) is 12.7 Å². The lowest BCUT2D eigenvalue weighted by atomic mass is 10.0. The Morgan fingerprint density at radius 3 is 1.80 bits per heavy atom. The molecule has 0 bridgehead atoms. The van der Waals surface area contributed by atoms with Crippen molar-refractivity contribution < 1.29 is 37.9 Å². The van der Waals surface area contributed by atoms with Crippen LogP contribution in [0.2, 0.25) is 0 Å². The molecule has 3 N–H and O–H groups in total. The van der Waals surface area contributed by atoms with Crippen LogP contribution < -0.4 is 5.32 Å². The molecular formula is C35H66NO8P. The number of hydrogen-bond acceptors (Lipinski definition) is 7. The molecule has 0 saturated carbocycles. The lowest BCUT2D eigenvalue weighted by molar-refractivity contribution is -0.147. The number of phosphoric ester groups is 1. The summed E-state index contributed by atoms with van der Waals surface area (Å²) in [6.45, 7) is 3.33. The zero-order chi connectivity index (χ0) is 33.3. The summed E-state index contributed by atoms with van der Waals surface area (Å²) >= 11 is 0. The van der Waals surface area contributed by atoms with E-state index in [4.69, 9.17) is 13.8 Å². The van der Waals surface area contributed by atoms with Crippen molar-refractivity contribution in [2.24, 2.45) is 0 Å². The Morgan fingerprint density at radius 2 is 1.20 bits per heavy atom. The summed E-state index contributed by atoms with van der Waals surface area (Å²) in [5.74, 6) is -0.543. The van der Waals surface area contributed by atoms with Crippen LogP contribution in [-0.4, -0.2) is 54.3 Å². The lowest BCUT2D eigenvalue weighted by Gasteiger charge is -2.15. The molecule has 0 aliphatic carbocycles. The van der Waals surface area contributed by atoms with Crippen LogP contribution in [0.1, 0.15) is 155 Å². The van der Waals surface area contributed by atoms with Crippen molar-refractivity contribution in [1.82, 2.24) is 5.32 Å². The zero-order valence-electron chi connectivity index (χ0n) is 28.6. The maximum Gasteiger partial charge on any atom is 0.472 e. The summed E-state index contributed by atoms with van der Waals surface area (Å²) in [5.41, 5.74) is 0. The Kier molecular flexibility index (Phi) is 31.3. The first-order chi connectivity index (χ1) is 21.8. The third-order valence-corrected chi connectivity index (χ3v) is 8.37. The fourth-order valence-corrected chi connectivity index (χ4v) is 5.40. The van der Waals surface area contributed by atoms with Crippen molar-refractivity contribution in [2.75, 3.05) is 26.4 Å². The van der Waals surface area contributed by atoms with Gasteiger partial charge in [0.2, 0.25) is 5.91 Å². The highest BCUT2D eigenvalue weighted by Crippen LogP contribution is 2.42. The molecule has 0 saturated heterocycles. The molecule has 0 aliphatic rings. The molecule has 0 rings (SSSR count). The molecule has 9 nitrogen and oxygen atoms in total. The lowest BCUT2D eigenvalue weighted by Crippen LogP contribution is -2.27. The van der Waals surface area contributed by atoms with E-state index < -0.39 is 26.5 Å². The highest BCUT2D eigenvalue weighted by Gasteiger charge is 2.23. The van der Waals surface area contributed by atoms with Gasteiger partial charge in [0.15, 0.2) is 0 Å². The Labute approximate surface area is 274 Å². The van der Waals surface area contributed by atoms with Gasteiger partial charge in [0.05, 0.1) is 13.2 Å². The molecule has 0 spiro atoms. The van der Waals surface area contributed by atoms with Gasteiger partial charge in [-0.05, 0) is 44.9 Å². The van der Waals surface area contributed by atoms with E-state index >= 15 is 0 Å². The number of hydrogen-bond donors (Lipinski definition) is 3. The summed E-state index contributed by atoms with van der Waals surface area (Å²) in [7, 11) is -4.39. The monoisotopic (exact) mass is 659 g/mol. The number of carbonyl (C=O) groups excluding carboxylic acids is 2.